The van der Waals surface area contributed by atoms with E-state index in [-0.39, 0.29) is 0 Å². The molecule has 18 heavy (non-hydrogen) atoms. The van der Waals surface area contributed by atoms with Crippen LogP contribution in [0.4, 0.5) is 0 Å². The van der Waals surface area contributed by atoms with Gasteiger partial charge in [-0.15, -0.1) is 0 Å². The lowest BCUT2D eigenvalue weighted by Gasteiger charge is -2.30. The van der Waals surface area contributed by atoms with Gasteiger partial charge in [-0.1, -0.05) is 11.6 Å². The van der Waals surface area contributed by atoms with E-state index < -0.39 is 0 Å². The van der Waals surface area contributed by atoms with Gasteiger partial charge < -0.3 is 14.8 Å². The van der Waals surface area contributed by atoms with Crippen LogP contribution < -0.4 is 14.8 Å². The number of halogens is 1. The summed E-state index contributed by atoms with van der Waals surface area (Å²) in [6.07, 6.45) is 2.39. The van der Waals surface area contributed by atoms with Crippen molar-refractivity contribution in [2.24, 2.45) is 0 Å². The molecular formula is C14H18ClNO2. The van der Waals surface area contributed by atoms with Gasteiger partial charge in [-0.05, 0) is 31.9 Å². The second kappa shape index (κ2) is 4.98. The zero-order chi connectivity index (χ0) is 12.5. The topological polar surface area (TPSA) is 30.5 Å². The van der Waals surface area contributed by atoms with Gasteiger partial charge in [0.25, 0.3) is 0 Å². The zero-order valence-electron chi connectivity index (χ0n) is 10.6. The quantitative estimate of drug-likeness (QED) is 0.849. The van der Waals surface area contributed by atoms with Gasteiger partial charge in [-0.25, -0.2) is 0 Å². The van der Waals surface area contributed by atoms with Gasteiger partial charge in [-0.3, -0.25) is 0 Å². The van der Waals surface area contributed by atoms with Gasteiger partial charge in [0.15, 0.2) is 11.5 Å². The predicted molar refractivity (Wildman–Crippen MR) is 72.0 cm³/mol. The minimum absolute atomic E-state index is 0.480. The van der Waals surface area contributed by atoms with Crippen LogP contribution in [0.2, 0.25) is 5.02 Å². The second-order valence-electron chi connectivity index (χ2n) is 4.96. The molecule has 1 aromatic carbocycles. The smallest absolute Gasteiger partial charge is 0.165 e. The SMILES string of the molecule is Cc1c(Cl)cc2c(c1C1CCCNC1)OCCO2. The van der Waals surface area contributed by atoms with Crippen molar-refractivity contribution in [2.75, 3.05) is 26.3 Å². The molecule has 2 heterocycles. The minimum atomic E-state index is 0.480. The first kappa shape index (κ1) is 12.1. The Balaban J connectivity index is 2.07. The van der Waals surface area contributed by atoms with Crippen LogP contribution in [-0.2, 0) is 0 Å². The van der Waals surface area contributed by atoms with Crippen molar-refractivity contribution in [1.82, 2.24) is 5.32 Å². The van der Waals surface area contributed by atoms with Crippen molar-refractivity contribution in [3.63, 3.8) is 0 Å². The molecule has 3 rings (SSSR count). The molecule has 1 saturated heterocycles. The average Bonchev–Trinajstić information content (AvgIpc) is 2.41. The maximum absolute atomic E-state index is 6.31. The van der Waals surface area contributed by atoms with E-state index in [0.29, 0.717) is 19.1 Å². The minimum Gasteiger partial charge on any atom is -0.486 e. The number of hydrogen-bond donors (Lipinski definition) is 1. The maximum atomic E-state index is 6.31. The number of rotatable bonds is 1. The van der Waals surface area contributed by atoms with Crippen LogP contribution in [0.25, 0.3) is 0 Å². The first-order valence-electron chi connectivity index (χ1n) is 6.56. The van der Waals surface area contributed by atoms with Gasteiger partial charge in [-0.2, -0.15) is 0 Å². The Bertz CT molecular complexity index is 456. The van der Waals surface area contributed by atoms with E-state index in [4.69, 9.17) is 21.1 Å². The fourth-order valence-corrected chi connectivity index (χ4v) is 3.06. The molecule has 1 atom stereocenters. The number of benzene rings is 1. The van der Waals surface area contributed by atoms with Crippen LogP contribution in [0.1, 0.15) is 29.9 Å². The molecule has 0 aliphatic carbocycles. The third-order valence-electron chi connectivity index (χ3n) is 3.78. The van der Waals surface area contributed by atoms with E-state index in [2.05, 4.69) is 12.2 Å². The lowest BCUT2D eigenvalue weighted by atomic mass is 9.87. The van der Waals surface area contributed by atoms with Crippen LogP contribution in [0.15, 0.2) is 6.07 Å². The summed E-state index contributed by atoms with van der Waals surface area (Å²) in [6.45, 7) is 5.41. The molecule has 0 saturated carbocycles. The highest BCUT2D eigenvalue weighted by molar-refractivity contribution is 6.31. The van der Waals surface area contributed by atoms with E-state index in [9.17, 15) is 0 Å². The molecule has 2 aliphatic heterocycles. The van der Waals surface area contributed by atoms with E-state index in [1.807, 2.05) is 6.07 Å². The van der Waals surface area contributed by atoms with Crippen molar-refractivity contribution in [3.8, 4) is 11.5 Å². The van der Waals surface area contributed by atoms with Crippen molar-refractivity contribution in [2.45, 2.75) is 25.7 Å². The third-order valence-corrected chi connectivity index (χ3v) is 4.17. The first-order chi connectivity index (χ1) is 8.77. The number of nitrogens with one attached hydrogen (secondary N) is 1. The van der Waals surface area contributed by atoms with Gasteiger partial charge in [0.05, 0.1) is 0 Å². The molecule has 0 aromatic heterocycles. The van der Waals surface area contributed by atoms with Gasteiger partial charge in [0.1, 0.15) is 13.2 Å². The molecule has 0 radical (unpaired) electrons. The number of ether oxygens (including phenoxy) is 2. The third kappa shape index (κ3) is 2.06. The largest absolute Gasteiger partial charge is 0.486 e. The summed E-state index contributed by atoms with van der Waals surface area (Å²) >= 11 is 6.31. The van der Waals surface area contributed by atoms with Crippen molar-refractivity contribution < 1.29 is 9.47 Å². The maximum Gasteiger partial charge on any atom is 0.165 e. The summed E-state index contributed by atoms with van der Waals surface area (Å²) in [5, 5.41) is 4.22. The summed E-state index contributed by atoms with van der Waals surface area (Å²) < 4.78 is 11.5. The summed E-state index contributed by atoms with van der Waals surface area (Å²) in [6, 6.07) is 1.88. The Morgan fingerprint density at radius 2 is 2.17 bits per heavy atom. The number of hydrogen-bond acceptors (Lipinski definition) is 3. The molecule has 0 spiro atoms. The molecule has 3 nitrogen and oxygen atoms in total. The lowest BCUT2D eigenvalue weighted by molar-refractivity contribution is 0.168. The molecule has 1 aromatic rings. The van der Waals surface area contributed by atoms with Crippen molar-refractivity contribution in [1.29, 1.82) is 0 Å². The van der Waals surface area contributed by atoms with Crippen LogP contribution in [-0.4, -0.2) is 26.3 Å². The monoisotopic (exact) mass is 267 g/mol. The molecular weight excluding hydrogens is 250 g/mol. The second-order valence-corrected chi connectivity index (χ2v) is 5.37. The van der Waals surface area contributed by atoms with Crippen LogP contribution in [0, 0.1) is 6.92 Å². The highest BCUT2D eigenvalue weighted by Gasteiger charge is 2.27. The van der Waals surface area contributed by atoms with E-state index in [0.717, 1.165) is 35.2 Å². The molecule has 0 bridgehead atoms. The summed E-state index contributed by atoms with van der Waals surface area (Å²) in [4.78, 5) is 0. The standard InChI is InChI=1S/C14H18ClNO2/c1-9-11(15)7-12-14(18-6-5-17-12)13(9)10-3-2-4-16-8-10/h7,10,16H,2-6,8H2,1H3. The summed E-state index contributed by atoms with van der Waals surface area (Å²) in [7, 11) is 0. The molecule has 1 fully saturated rings. The number of fused-ring (bicyclic) bond motifs is 1. The Labute approximate surface area is 112 Å². The number of piperidine rings is 1. The zero-order valence-corrected chi connectivity index (χ0v) is 11.3. The lowest BCUT2D eigenvalue weighted by Crippen LogP contribution is -2.29. The highest BCUT2D eigenvalue weighted by Crippen LogP contribution is 2.44. The van der Waals surface area contributed by atoms with Gasteiger partial charge in [0, 0.05) is 29.1 Å². The predicted octanol–water partition coefficient (Wildman–Crippen LogP) is 2.89. The van der Waals surface area contributed by atoms with E-state index in [1.54, 1.807) is 0 Å². The molecule has 1 unspecified atom stereocenters. The van der Waals surface area contributed by atoms with Gasteiger partial charge in [0.2, 0.25) is 0 Å². The normalized spacial score (nSPS) is 22.9. The first-order valence-corrected chi connectivity index (χ1v) is 6.94. The van der Waals surface area contributed by atoms with Gasteiger partial charge >= 0.3 is 0 Å². The van der Waals surface area contributed by atoms with E-state index >= 15 is 0 Å². The van der Waals surface area contributed by atoms with Crippen molar-refractivity contribution >= 4 is 11.6 Å². The van der Waals surface area contributed by atoms with Crippen LogP contribution in [0.3, 0.4) is 0 Å². The van der Waals surface area contributed by atoms with Crippen LogP contribution >= 0.6 is 11.6 Å². The Hall–Kier alpha value is -0.930. The molecule has 1 N–H and O–H groups in total. The van der Waals surface area contributed by atoms with Crippen molar-refractivity contribution in [3.05, 3.63) is 22.2 Å². The molecule has 0 amide bonds. The Morgan fingerprint density at radius 1 is 1.33 bits per heavy atom. The van der Waals surface area contributed by atoms with E-state index in [1.165, 1.54) is 18.4 Å². The van der Waals surface area contributed by atoms with Crippen LogP contribution in [0.5, 0.6) is 11.5 Å². The fourth-order valence-electron chi connectivity index (χ4n) is 2.86. The molecule has 98 valence electrons. The molecule has 4 heteroatoms. The Kier molecular flexibility index (Phi) is 3.35. The highest BCUT2D eigenvalue weighted by atomic mass is 35.5. The summed E-state index contributed by atoms with van der Waals surface area (Å²) in [5.41, 5.74) is 2.37. The average molecular weight is 268 g/mol. The summed E-state index contributed by atoms with van der Waals surface area (Å²) in [5.74, 6) is 2.20. The molecule has 2 aliphatic rings. The fraction of sp³-hybridized carbons (Fsp3) is 0.571. The Morgan fingerprint density at radius 3 is 2.94 bits per heavy atom.